The number of rotatable bonds is 1. The molecule has 4 rings (SSSR count). The number of nitrogens with zero attached hydrogens (tertiary/aromatic N) is 1. The summed E-state index contributed by atoms with van der Waals surface area (Å²) < 4.78 is 5.95. The lowest BCUT2D eigenvalue weighted by Gasteiger charge is -2.05. The Balaban J connectivity index is 2.05. The van der Waals surface area contributed by atoms with Crippen LogP contribution in [-0.4, -0.2) is 0 Å². The van der Waals surface area contributed by atoms with Crippen molar-refractivity contribution in [3.8, 4) is 17.4 Å². The lowest BCUT2D eigenvalue weighted by Crippen LogP contribution is -1.83. The molecule has 2 heteroatoms. The standard InChI is InChI=1S/C19H11NO/c20-12-14-9-10-17(16-7-3-2-6-15(14)16)19-11-13-5-1-4-8-18(13)21-19/h1-11H. The number of nitriles is 1. The summed E-state index contributed by atoms with van der Waals surface area (Å²) in [6, 6.07) is 24.0. The van der Waals surface area contributed by atoms with Gasteiger partial charge in [-0.25, -0.2) is 0 Å². The van der Waals surface area contributed by atoms with Gasteiger partial charge in [0.25, 0.3) is 0 Å². The Kier molecular flexibility index (Phi) is 2.52. The van der Waals surface area contributed by atoms with Gasteiger partial charge in [0.15, 0.2) is 0 Å². The van der Waals surface area contributed by atoms with Gasteiger partial charge in [-0.3, -0.25) is 0 Å². The predicted molar refractivity (Wildman–Crippen MR) is 83.9 cm³/mol. The highest BCUT2D eigenvalue weighted by atomic mass is 16.3. The number of benzene rings is 3. The van der Waals surface area contributed by atoms with Crippen molar-refractivity contribution in [2.75, 3.05) is 0 Å². The van der Waals surface area contributed by atoms with Crippen LogP contribution in [0.2, 0.25) is 0 Å². The molecule has 0 aliphatic rings. The van der Waals surface area contributed by atoms with Crippen LogP contribution in [-0.2, 0) is 0 Å². The Bertz CT molecular complexity index is 972. The summed E-state index contributed by atoms with van der Waals surface area (Å²) in [4.78, 5) is 0. The quantitative estimate of drug-likeness (QED) is 0.480. The molecule has 0 atom stereocenters. The highest BCUT2D eigenvalue weighted by molar-refractivity contribution is 6.00. The molecule has 0 saturated carbocycles. The molecule has 0 unspecified atom stereocenters. The number of para-hydroxylation sites is 1. The van der Waals surface area contributed by atoms with E-state index in [0.29, 0.717) is 5.56 Å². The molecule has 0 N–H and O–H groups in total. The molecule has 98 valence electrons. The first-order valence-electron chi connectivity index (χ1n) is 6.77. The van der Waals surface area contributed by atoms with Crippen molar-refractivity contribution in [1.29, 1.82) is 5.26 Å². The molecular weight excluding hydrogens is 258 g/mol. The van der Waals surface area contributed by atoms with Gasteiger partial charge in [-0.05, 0) is 29.7 Å². The number of fused-ring (bicyclic) bond motifs is 2. The van der Waals surface area contributed by atoms with Gasteiger partial charge >= 0.3 is 0 Å². The second kappa shape index (κ2) is 4.50. The summed E-state index contributed by atoms with van der Waals surface area (Å²) in [7, 11) is 0. The number of furan rings is 1. The smallest absolute Gasteiger partial charge is 0.136 e. The summed E-state index contributed by atoms with van der Waals surface area (Å²) in [6.45, 7) is 0. The molecule has 0 bridgehead atoms. The van der Waals surface area contributed by atoms with E-state index in [-0.39, 0.29) is 0 Å². The Labute approximate surface area is 121 Å². The van der Waals surface area contributed by atoms with E-state index in [1.807, 2.05) is 66.7 Å². The minimum atomic E-state index is 0.686. The molecule has 21 heavy (non-hydrogen) atoms. The molecule has 0 radical (unpaired) electrons. The SMILES string of the molecule is N#Cc1ccc(-c2cc3ccccc3o2)c2ccccc12. The summed E-state index contributed by atoms with van der Waals surface area (Å²) in [5, 5.41) is 12.3. The normalized spacial score (nSPS) is 10.8. The van der Waals surface area contributed by atoms with E-state index in [0.717, 1.165) is 33.1 Å². The topological polar surface area (TPSA) is 36.9 Å². The van der Waals surface area contributed by atoms with Crippen LogP contribution in [0.15, 0.2) is 71.1 Å². The average Bonchev–Trinajstić information content (AvgIpc) is 2.97. The van der Waals surface area contributed by atoms with Crippen LogP contribution in [0.5, 0.6) is 0 Å². The fourth-order valence-electron chi connectivity index (χ4n) is 2.73. The van der Waals surface area contributed by atoms with Crippen molar-refractivity contribution in [2.45, 2.75) is 0 Å². The maximum Gasteiger partial charge on any atom is 0.136 e. The van der Waals surface area contributed by atoms with Crippen LogP contribution >= 0.6 is 0 Å². The molecule has 0 aliphatic carbocycles. The van der Waals surface area contributed by atoms with Gasteiger partial charge < -0.3 is 4.42 Å². The van der Waals surface area contributed by atoms with Crippen molar-refractivity contribution >= 4 is 21.7 Å². The van der Waals surface area contributed by atoms with E-state index < -0.39 is 0 Å². The van der Waals surface area contributed by atoms with Crippen molar-refractivity contribution in [3.05, 3.63) is 72.3 Å². The van der Waals surface area contributed by atoms with Gasteiger partial charge in [0.1, 0.15) is 11.3 Å². The minimum absolute atomic E-state index is 0.686. The monoisotopic (exact) mass is 269 g/mol. The summed E-state index contributed by atoms with van der Waals surface area (Å²) in [6.07, 6.45) is 0. The molecule has 0 fully saturated rings. The first kappa shape index (κ1) is 11.7. The lowest BCUT2D eigenvalue weighted by atomic mass is 9.99. The van der Waals surface area contributed by atoms with E-state index in [9.17, 15) is 5.26 Å². The first-order chi connectivity index (χ1) is 10.4. The Morgan fingerprint density at radius 1 is 0.810 bits per heavy atom. The van der Waals surface area contributed by atoms with Crippen LogP contribution in [0.25, 0.3) is 33.1 Å². The van der Waals surface area contributed by atoms with Gasteiger partial charge in [-0.2, -0.15) is 5.26 Å². The minimum Gasteiger partial charge on any atom is -0.456 e. The average molecular weight is 269 g/mol. The van der Waals surface area contributed by atoms with Crippen molar-refractivity contribution in [1.82, 2.24) is 0 Å². The van der Waals surface area contributed by atoms with Gasteiger partial charge in [0, 0.05) is 16.3 Å². The third-order valence-electron chi connectivity index (χ3n) is 3.74. The van der Waals surface area contributed by atoms with Crippen LogP contribution < -0.4 is 0 Å². The molecule has 3 aromatic carbocycles. The van der Waals surface area contributed by atoms with E-state index >= 15 is 0 Å². The van der Waals surface area contributed by atoms with E-state index in [4.69, 9.17) is 4.42 Å². The Hall–Kier alpha value is -3.05. The summed E-state index contributed by atoms with van der Waals surface area (Å²) in [5.74, 6) is 0.830. The highest BCUT2D eigenvalue weighted by Gasteiger charge is 2.11. The molecular formula is C19H11NO. The van der Waals surface area contributed by atoms with Gasteiger partial charge in [-0.1, -0.05) is 42.5 Å². The van der Waals surface area contributed by atoms with Crippen LogP contribution in [0.1, 0.15) is 5.56 Å². The zero-order chi connectivity index (χ0) is 14.2. The zero-order valence-electron chi connectivity index (χ0n) is 11.2. The summed E-state index contributed by atoms with van der Waals surface area (Å²) >= 11 is 0. The van der Waals surface area contributed by atoms with Crippen LogP contribution in [0.3, 0.4) is 0 Å². The van der Waals surface area contributed by atoms with E-state index in [2.05, 4.69) is 6.07 Å². The van der Waals surface area contributed by atoms with Crippen molar-refractivity contribution in [2.24, 2.45) is 0 Å². The van der Waals surface area contributed by atoms with Gasteiger partial charge in [0.2, 0.25) is 0 Å². The van der Waals surface area contributed by atoms with Crippen molar-refractivity contribution in [3.63, 3.8) is 0 Å². The van der Waals surface area contributed by atoms with Gasteiger partial charge in [0.05, 0.1) is 11.6 Å². The van der Waals surface area contributed by atoms with Crippen LogP contribution in [0.4, 0.5) is 0 Å². The zero-order valence-corrected chi connectivity index (χ0v) is 11.2. The van der Waals surface area contributed by atoms with Gasteiger partial charge in [-0.15, -0.1) is 0 Å². The van der Waals surface area contributed by atoms with Crippen LogP contribution in [0, 0.1) is 11.3 Å². The molecule has 4 aromatic rings. The Morgan fingerprint density at radius 3 is 2.38 bits per heavy atom. The second-order valence-corrected chi connectivity index (χ2v) is 4.97. The van der Waals surface area contributed by atoms with Crippen molar-refractivity contribution < 1.29 is 4.42 Å². The first-order valence-corrected chi connectivity index (χ1v) is 6.77. The molecule has 0 saturated heterocycles. The second-order valence-electron chi connectivity index (χ2n) is 4.97. The lowest BCUT2D eigenvalue weighted by molar-refractivity contribution is 0.632. The third kappa shape index (κ3) is 1.79. The number of hydrogen-bond donors (Lipinski definition) is 0. The molecule has 0 spiro atoms. The predicted octanol–water partition coefficient (Wildman–Crippen LogP) is 5.12. The fraction of sp³-hybridized carbons (Fsp3) is 0. The summed E-state index contributed by atoms with van der Waals surface area (Å²) in [5.41, 5.74) is 2.58. The molecule has 1 aromatic heterocycles. The third-order valence-corrected chi connectivity index (χ3v) is 3.74. The largest absolute Gasteiger partial charge is 0.456 e. The van der Waals surface area contributed by atoms with E-state index in [1.165, 1.54) is 0 Å². The van der Waals surface area contributed by atoms with E-state index in [1.54, 1.807) is 0 Å². The molecule has 0 amide bonds. The fourth-order valence-corrected chi connectivity index (χ4v) is 2.73. The molecule has 0 aliphatic heterocycles. The highest BCUT2D eigenvalue weighted by Crippen LogP contribution is 2.34. The molecule has 1 heterocycles. The number of hydrogen-bond acceptors (Lipinski definition) is 2. The Morgan fingerprint density at radius 2 is 1.57 bits per heavy atom. The maximum atomic E-state index is 9.24. The maximum absolute atomic E-state index is 9.24. The molecule has 2 nitrogen and oxygen atoms in total.